The number of nitrogens with one attached hydrogen (secondary N) is 1. The van der Waals surface area contributed by atoms with Crippen molar-refractivity contribution >= 4 is 5.91 Å². The molecule has 0 spiro atoms. The summed E-state index contributed by atoms with van der Waals surface area (Å²) in [6.07, 6.45) is 0. The van der Waals surface area contributed by atoms with Gasteiger partial charge in [0.15, 0.2) is 0 Å². The minimum atomic E-state index is -0.525. The zero-order valence-electron chi connectivity index (χ0n) is 9.22. The molecule has 2 rings (SSSR count). The van der Waals surface area contributed by atoms with Gasteiger partial charge in [0.1, 0.15) is 17.1 Å². The highest BCUT2D eigenvalue weighted by Crippen LogP contribution is 2.25. The molecular weight excluding hydrogens is 224 g/mol. The van der Waals surface area contributed by atoms with Crippen molar-refractivity contribution in [2.24, 2.45) is 0 Å². The average Bonchev–Trinajstić information content (AvgIpc) is 2.30. The van der Waals surface area contributed by atoms with Crippen LogP contribution in [0, 0.1) is 0 Å². The van der Waals surface area contributed by atoms with Crippen LogP contribution in [-0.2, 0) is 4.74 Å². The zero-order chi connectivity index (χ0) is 12.3. The first-order valence-electron chi connectivity index (χ1n) is 5.33. The van der Waals surface area contributed by atoms with Gasteiger partial charge in [0.05, 0.1) is 13.2 Å². The first-order valence-corrected chi connectivity index (χ1v) is 5.33. The smallest absolute Gasteiger partial charge is 0.273 e. The van der Waals surface area contributed by atoms with E-state index in [0.717, 1.165) is 0 Å². The summed E-state index contributed by atoms with van der Waals surface area (Å²) < 4.78 is 5.14. The second-order valence-corrected chi connectivity index (χ2v) is 3.71. The first kappa shape index (κ1) is 11.7. The lowest BCUT2D eigenvalue weighted by atomic mass is 10.1. The highest BCUT2D eigenvalue weighted by Gasteiger charge is 2.19. The summed E-state index contributed by atoms with van der Waals surface area (Å²) in [6.45, 7) is 2.26. The molecule has 0 saturated carbocycles. The van der Waals surface area contributed by atoms with Gasteiger partial charge in [0.25, 0.3) is 5.91 Å². The number of hydrogen-bond donors (Lipinski definition) is 3. The number of amides is 1. The van der Waals surface area contributed by atoms with Crippen LogP contribution >= 0.6 is 0 Å². The summed E-state index contributed by atoms with van der Waals surface area (Å²) in [7, 11) is 0. The molecule has 0 bridgehead atoms. The molecule has 1 amide bonds. The Bertz CT molecular complexity index is 396. The Morgan fingerprint density at radius 2 is 1.82 bits per heavy atom. The molecule has 1 aromatic rings. The fourth-order valence-corrected chi connectivity index (χ4v) is 1.64. The number of hydrogen-bond acceptors (Lipinski definition) is 5. The van der Waals surface area contributed by atoms with E-state index in [1.807, 2.05) is 0 Å². The minimum Gasteiger partial charge on any atom is -0.507 e. The Balaban J connectivity index is 2.08. The molecule has 0 unspecified atom stereocenters. The monoisotopic (exact) mass is 238 g/mol. The molecule has 17 heavy (non-hydrogen) atoms. The van der Waals surface area contributed by atoms with E-state index < -0.39 is 5.91 Å². The van der Waals surface area contributed by atoms with Crippen LogP contribution in [0.15, 0.2) is 18.2 Å². The van der Waals surface area contributed by atoms with E-state index in [9.17, 15) is 15.0 Å². The van der Waals surface area contributed by atoms with Gasteiger partial charge < -0.3 is 14.9 Å². The fraction of sp³-hybridized carbons (Fsp3) is 0.364. The number of carbonyl (C=O) groups is 1. The number of ether oxygens (including phenoxy) is 1. The maximum absolute atomic E-state index is 11.8. The highest BCUT2D eigenvalue weighted by molar-refractivity contribution is 5.99. The molecule has 1 fully saturated rings. The number of carbonyl (C=O) groups excluding carboxylic acids is 1. The quantitative estimate of drug-likeness (QED) is 0.679. The van der Waals surface area contributed by atoms with Crippen LogP contribution in [0.3, 0.4) is 0 Å². The lowest BCUT2D eigenvalue weighted by Crippen LogP contribution is -2.48. The molecular formula is C11H14N2O4. The van der Waals surface area contributed by atoms with Crippen LogP contribution in [-0.4, -0.2) is 47.4 Å². The summed E-state index contributed by atoms with van der Waals surface area (Å²) in [6, 6.07) is 4.18. The first-order chi connectivity index (χ1) is 8.18. The lowest BCUT2D eigenvalue weighted by molar-refractivity contribution is 0.0125. The number of phenols is 2. The Kier molecular flexibility index (Phi) is 3.46. The zero-order valence-corrected chi connectivity index (χ0v) is 9.22. The van der Waals surface area contributed by atoms with Crippen LogP contribution in [0.25, 0.3) is 0 Å². The highest BCUT2D eigenvalue weighted by atomic mass is 16.5. The number of phenolic OH excluding ortho intramolecular Hbond substituents is 2. The number of benzene rings is 1. The Hall–Kier alpha value is -1.79. The summed E-state index contributed by atoms with van der Waals surface area (Å²) in [5, 5.41) is 20.7. The summed E-state index contributed by atoms with van der Waals surface area (Å²) in [5.41, 5.74) is 2.50. The van der Waals surface area contributed by atoms with Crippen LogP contribution in [0.4, 0.5) is 0 Å². The molecule has 1 heterocycles. The normalized spacial score (nSPS) is 16.7. The molecule has 1 saturated heterocycles. The van der Waals surface area contributed by atoms with Gasteiger partial charge in [0.2, 0.25) is 0 Å². The van der Waals surface area contributed by atoms with E-state index in [4.69, 9.17) is 4.74 Å². The van der Waals surface area contributed by atoms with E-state index in [-0.39, 0.29) is 17.1 Å². The molecule has 0 atom stereocenters. The standard InChI is InChI=1S/C11H14N2O4/c14-8-2-1-3-9(15)10(8)11(16)12-13-4-6-17-7-5-13/h1-3,14-15H,4-7H2,(H,12,16). The van der Waals surface area contributed by atoms with E-state index >= 15 is 0 Å². The van der Waals surface area contributed by atoms with Crippen molar-refractivity contribution in [3.8, 4) is 11.5 Å². The number of morpholine rings is 1. The minimum absolute atomic E-state index is 0.112. The van der Waals surface area contributed by atoms with Crippen molar-refractivity contribution in [1.82, 2.24) is 10.4 Å². The third-order valence-electron chi connectivity index (χ3n) is 2.52. The molecule has 1 aliphatic rings. The molecule has 6 nitrogen and oxygen atoms in total. The molecule has 0 aromatic heterocycles. The maximum Gasteiger partial charge on any atom is 0.273 e. The predicted molar refractivity (Wildman–Crippen MR) is 59.6 cm³/mol. The number of aromatic hydroxyl groups is 2. The summed E-state index contributed by atoms with van der Waals surface area (Å²) in [4.78, 5) is 11.8. The van der Waals surface area contributed by atoms with Gasteiger partial charge in [-0.25, -0.2) is 5.01 Å². The molecule has 1 aliphatic heterocycles. The third-order valence-corrected chi connectivity index (χ3v) is 2.52. The van der Waals surface area contributed by atoms with E-state index in [2.05, 4.69) is 5.43 Å². The van der Waals surface area contributed by atoms with Crippen molar-refractivity contribution in [2.75, 3.05) is 26.3 Å². The SMILES string of the molecule is O=C(NN1CCOCC1)c1c(O)cccc1O. The van der Waals surface area contributed by atoms with Crippen LogP contribution in [0.5, 0.6) is 11.5 Å². The van der Waals surface area contributed by atoms with Gasteiger partial charge in [-0.1, -0.05) is 6.07 Å². The van der Waals surface area contributed by atoms with E-state index in [0.29, 0.717) is 26.3 Å². The van der Waals surface area contributed by atoms with Crippen molar-refractivity contribution in [3.63, 3.8) is 0 Å². The van der Waals surface area contributed by atoms with Crippen molar-refractivity contribution in [3.05, 3.63) is 23.8 Å². The van der Waals surface area contributed by atoms with Gasteiger partial charge in [-0.3, -0.25) is 10.2 Å². The van der Waals surface area contributed by atoms with Gasteiger partial charge in [-0.2, -0.15) is 0 Å². The van der Waals surface area contributed by atoms with Gasteiger partial charge in [-0.15, -0.1) is 0 Å². The predicted octanol–water partition coefficient (Wildman–Crippen LogP) is 0.0748. The second-order valence-electron chi connectivity index (χ2n) is 3.71. The number of rotatable bonds is 2. The van der Waals surface area contributed by atoms with Crippen molar-refractivity contribution in [1.29, 1.82) is 0 Å². The fourth-order valence-electron chi connectivity index (χ4n) is 1.64. The Morgan fingerprint density at radius 3 is 2.41 bits per heavy atom. The van der Waals surface area contributed by atoms with Gasteiger partial charge in [0, 0.05) is 13.1 Å². The van der Waals surface area contributed by atoms with Crippen molar-refractivity contribution in [2.45, 2.75) is 0 Å². The molecule has 0 radical (unpaired) electrons. The van der Waals surface area contributed by atoms with Crippen LogP contribution in [0.1, 0.15) is 10.4 Å². The van der Waals surface area contributed by atoms with Crippen molar-refractivity contribution < 1.29 is 19.7 Å². The number of nitrogens with zero attached hydrogens (tertiary/aromatic N) is 1. The third kappa shape index (κ3) is 2.66. The second kappa shape index (κ2) is 5.03. The maximum atomic E-state index is 11.8. The molecule has 0 aliphatic carbocycles. The molecule has 92 valence electrons. The summed E-state index contributed by atoms with van der Waals surface area (Å²) >= 11 is 0. The Labute approximate surface area is 98.4 Å². The van der Waals surface area contributed by atoms with E-state index in [1.54, 1.807) is 5.01 Å². The Morgan fingerprint density at radius 1 is 1.24 bits per heavy atom. The van der Waals surface area contributed by atoms with Gasteiger partial charge in [-0.05, 0) is 12.1 Å². The van der Waals surface area contributed by atoms with Crippen LogP contribution in [0.2, 0.25) is 0 Å². The molecule has 3 N–H and O–H groups in total. The number of hydrazine groups is 1. The topological polar surface area (TPSA) is 82.0 Å². The summed E-state index contributed by atoms with van der Waals surface area (Å²) in [5.74, 6) is -1.01. The van der Waals surface area contributed by atoms with E-state index in [1.165, 1.54) is 18.2 Å². The average molecular weight is 238 g/mol. The van der Waals surface area contributed by atoms with Crippen LogP contribution < -0.4 is 5.43 Å². The largest absolute Gasteiger partial charge is 0.507 e. The lowest BCUT2D eigenvalue weighted by Gasteiger charge is -2.27. The molecule has 6 heteroatoms. The molecule has 1 aromatic carbocycles. The van der Waals surface area contributed by atoms with Gasteiger partial charge >= 0.3 is 0 Å².